The third-order valence-electron chi connectivity index (χ3n) is 6.08. The summed E-state index contributed by atoms with van der Waals surface area (Å²) in [4.78, 5) is 16.5. The van der Waals surface area contributed by atoms with Gasteiger partial charge in [-0.2, -0.15) is 13.2 Å². The highest BCUT2D eigenvalue weighted by molar-refractivity contribution is 5.94. The third kappa shape index (κ3) is 5.83. The summed E-state index contributed by atoms with van der Waals surface area (Å²) in [5.74, 6) is -1.22. The van der Waals surface area contributed by atoms with Crippen LogP contribution in [0.2, 0.25) is 0 Å². The van der Waals surface area contributed by atoms with Gasteiger partial charge in [0, 0.05) is 56.8 Å². The molecule has 4 rings (SSSR count). The first-order chi connectivity index (χ1) is 15.8. The fraction of sp³-hybridized carbons (Fsp3) is 0.545. The molecular formula is C22H26F4N4O3. The number of anilines is 1. The first-order valence-electron chi connectivity index (χ1n) is 11.0. The smallest absolute Gasteiger partial charge is 0.379 e. The van der Waals surface area contributed by atoms with E-state index in [1.807, 2.05) is 6.07 Å². The second-order valence-corrected chi connectivity index (χ2v) is 8.26. The summed E-state index contributed by atoms with van der Waals surface area (Å²) in [6.45, 7) is 5.75. The van der Waals surface area contributed by atoms with Gasteiger partial charge in [0.2, 0.25) is 5.88 Å². The minimum absolute atomic E-state index is 0.0906. The topological polar surface area (TPSA) is 70.8 Å². The zero-order chi connectivity index (χ0) is 23.4. The van der Waals surface area contributed by atoms with Gasteiger partial charge < -0.3 is 19.5 Å². The first kappa shape index (κ1) is 23.5. The van der Waals surface area contributed by atoms with Gasteiger partial charge >= 0.3 is 6.18 Å². The van der Waals surface area contributed by atoms with Crippen molar-refractivity contribution in [2.24, 2.45) is 0 Å². The van der Waals surface area contributed by atoms with Crippen LogP contribution >= 0.6 is 0 Å². The van der Waals surface area contributed by atoms with Crippen molar-refractivity contribution < 1.29 is 31.6 Å². The zero-order valence-electron chi connectivity index (χ0n) is 18.0. The molecule has 2 saturated heterocycles. The van der Waals surface area contributed by atoms with Gasteiger partial charge in [0.05, 0.1) is 24.5 Å². The van der Waals surface area contributed by atoms with Crippen molar-refractivity contribution in [2.75, 3.05) is 57.8 Å². The number of likely N-dealkylation sites (tertiary alicyclic amines) is 1. The Morgan fingerprint density at radius 1 is 1.12 bits per heavy atom. The van der Waals surface area contributed by atoms with Gasteiger partial charge in [-0.3, -0.25) is 9.69 Å². The van der Waals surface area contributed by atoms with E-state index in [2.05, 4.69) is 15.4 Å². The Labute approximate surface area is 188 Å². The molecule has 2 aromatic rings. The molecule has 0 spiro atoms. The molecule has 1 aromatic carbocycles. The van der Waals surface area contributed by atoms with Gasteiger partial charge in [0.15, 0.2) is 0 Å². The third-order valence-corrected chi connectivity index (χ3v) is 6.08. The summed E-state index contributed by atoms with van der Waals surface area (Å²) in [6, 6.07) is 4.15. The highest BCUT2D eigenvalue weighted by Gasteiger charge is 2.35. The van der Waals surface area contributed by atoms with Crippen LogP contribution in [0.1, 0.15) is 40.4 Å². The lowest BCUT2D eigenvalue weighted by atomic mass is 9.93. The van der Waals surface area contributed by atoms with Gasteiger partial charge in [-0.15, -0.1) is 0 Å². The lowest BCUT2D eigenvalue weighted by Gasteiger charge is -2.31. The average Bonchev–Trinajstić information content (AvgIpc) is 3.27. The molecule has 0 radical (unpaired) electrons. The minimum Gasteiger partial charge on any atom is -0.379 e. The molecule has 0 aliphatic carbocycles. The number of aromatic nitrogens is 1. The molecule has 0 atom stereocenters. The number of carbonyl (C=O) groups is 1. The van der Waals surface area contributed by atoms with E-state index in [0.717, 1.165) is 51.2 Å². The van der Waals surface area contributed by atoms with Gasteiger partial charge in [0.25, 0.3) is 5.91 Å². The van der Waals surface area contributed by atoms with Crippen LogP contribution in [0.25, 0.3) is 0 Å². The van der Waals surface area contributed by atoms with Crippen molar-refractivity contribution in [3.05, 3.63) is 46.9 Å². The number of nitrogens with zero attached hydrogens (tertiary/aromatic N) is 3. The molecule has 3 heterocycles. The Kier molecular flexibility index (Phi) is 7.18. The Hall–Kier alpha value is -2.66. The second kappa shape index (κ2) is 10.1. The van der Waals surface area contributed by atoms with Crippen molar-refractivity contribution in [1.29, 1.82) is 0 Å². The number of piperidine rings is 1. The molecular weight excluding hydrogens is 444 g/mol. The van der Waals surface area contributed by atoms with E-state index in [0.29, 0.717) is 43.9 Å². The maximum atomic E-state index is 13.8. The van der Waals surface area contributed by atoms with Crippen molar-refractivity contribution in [2.45, 2.75) is 24.9 Å². The molecule has 2 fully saturated rings. The van der Waals surface area contributed by atoms with Crippen molar-refractivity contribution in [3.63, 3.8) is 0 Å². The van der Waals surface area contributed by atoms with E-state index >= 15 is 0 Å². The van der Waals surface area contributed by atoms with Crippen molar-refractivity contribution in [1.82, 2.24) is 15.0 Å². The highest BCUT2D eigenvalue weighted by Crippen LogP contribution is 2.33. The number of ether oxygens (including phenoxy) is 1. The van der Waals surface area contributed by atoms with Crippen LogP contribution < -0.4 is 5.32 Å². The fourth-order valence-electron chi connectivity index (χ4n) is 4.17. The molecule has 1 N–H and O–H groups in total. The molecule has 2 aliphatic heterocycles. The van der Waals surface area contributed by atoms with Crippen molar-refractivity contribution >= 4 is 11.8 Å². The van der Waals surface area contributed by atoms with E-state index in [9.17, 15) is 22.4 Å². The number of benzene rings is 1. The van der Waals surface area contributed by atoms with Crippen LogP contribution in [0.3, 0.4) is 0 Å². The van der Waals surface area contributed by atoms with E-state index in [1.165, 1.54) is 4.90 Å². The number of alkyl halides is 3. The fourth-order valence-corrected chi connectivity index (χ4v) is 4.17. The van der Waals surface area contributed by atoms with Gasteiger partial charge in [0.1, 0.15) is 5.82 Å². The van der Waals surface area contributed by atoms with E-state index in [-0.39, 0.29) is 11.5 Å². The SMILES string of the molecule is O=C(c1ccc(C(F)(F)F)c(F)c1)N1CCC(c2cc(NCCN3CCOCC3)on2)CC1. The van der Waals surface area contributed by atoms with Crippen LogP contribution in [0.15, 0.2) is 28.8 Å². The number of amides is 1. The number of nitrogens with one attached hydrogen (secondary N) is 1. The molecule has 7 nitrogen and oxygen atoms in total. The number of rotatable bonds is 6. The maximum Gasteiger partial charge on any atom is 0.419 e. The second-order valence-electron chi connectivity index (χ2n) is 8.26. The number of halogens is 4. The highest BCUT2D eigenvalue weighted by atomic mass is 19.4. The monoisotopic (exact) mass is 470 g/mol. The Morgan fingerprint density at radius 3 is 2.52 bits per heavy atom. The molecule has 0 unspecified atom stereocenters. The van der Waals surface area contributed by atoms with Crippen LogP contribution in [-0.2, 0) is 10.9 Å². The van der Waals surface area contributed by atoms with Crippen molar-refractivity contribution in [3.8, 4) is 0 Å². The predicted molar refractivity (Wildman–Crippen MR) is 112 cm³/mol. The number of morpholine rings is 1. The molecule has 1 aromatic heterocycles. The molecule has 180 valence electrons. The Balaban J connectivity index is 1.26. The summed E-state index contributed by atoms with van der Waals surface area (Å²) < 4.78 is 62.8. The van der Waals surface area contributed by atoms with Gasteiger partial charge in [-0.05, 0) is 31.0 Å². The largest absolute Gasteiger partial charge is 0.419 e. The van der Waals surface area contributed by atoms with Crippen LogP contribution in [0, 0.1) is 5.82 Å². The Bertz CT molecular complexity index is 951. The van der Waals surface area contributed by atoms with Crippen LogP contribution in [-0.4, -0.2) is 73.3 Å². The quantitative estimate of drug-likeness (QED) is 0.651. The number of hydrogen-bond acceptors (Lipinski definition) is 6. The van der Waals surface area contributed by atoms with Crippen LogP contribution in [0.4, 0.5) is 23.4 Å². The van der Waals surface area contributed by atoms with Gasteiger partial charge in [-0.25, -0.2) is 4.39 Å². The van der Waals surface area contributed by atoms with Gasteiger partial charge in [-0.1, -0.05) is 5.16 Å². The van der Waals surface area contributed by atoms with Crippen LogP contribution in [0.5, 0.6) is 0 Å². The zero-order valence-corrected chi connectivity index (χ0v) is 18.0. The molecule has 1 amide bonds. The predicted octanol–water partition coefficient (Wildman–Crippen LogP) is 3.60. The number of carbonyl (C=O) groups excluding carboxylic acids is 1. The summed E-state index contributed by atoms with van der Waals surface area (Å²) >= 11 is 0. The van der Waals surface area contributed by atoms with E-state index in [1.54, 1.807) is 0 Å². The molecule has 0 bridgehead atoms. The lowest BCUT2D eigenvalue weighted by Crippen LogP contribution is -2.38. The van der Waals surface area contributed by atoms with E-state index < -0.39 is 23.5 Å². The summed E-state index contributed by atoms with van der Waals surface area (Å²) in [5, 5.41) is 7.38. The lowest BCUT2D eigenvalue weighted by molar-refractivity contribution is -0.140. The summed E-state index contributed by atoms with van der Waals surface area (Å²) in [7, 11) is 0. The summed E-state index contributed by atoms with van der Waals surface area (Å²) in [6.07, 6.45) is -3.53. The average molecular weight is 470 g/mol. The molecule has 11 heteroatoms. The first-order valence-corrected chi connectivity index (χ1v) is 11.0. The Morgan fingerprint density at radius 2 is 1.85 bits per heavy atom. The molecule has 0 saturated carbocycles. The normalized spacial score (nSPS) is 18.5. The maximum absolute atomic E-state index is 13.8. The molecule has 33 heavy (non-hydrogen) atoms. The summed E-state index contributed by atoms with van der Waals surface area (Å²) in [5.41, 5.74) is -0.665. The van der Waals surface area contributed by atoms with E-state index in [4.69, 9.17) is 9.26 Å². The minimum atomic E-state index is -4.79. The standard InChI is InChI=1S/C22H26F4N4O3/c23-18-13-16(1-2-17(18)22(24,25)26)21(31)30-6-3-15(4-7-30)19-14-20(33-28-19)27-5-8-29-9-11-32-12-10-29/h1-2,13-15,27H,3-12H2. The number of hydrogen-bond donors (Lipinski definition) is 1. The molecule has 2 aliphatic rings.